The lowest BCUT2D eigenvalue weighted by molar-refractivity contribution is -0.146. The highest BCUT2D eigenvalue weighted by molar-refractivity contribution is 5.87. The lowest BCUT2D eigenvalue weighted by Crippen LogP contribution is -2.39. The van der Waals surface area contributed by atoms with E-state index in [9.17, 15) is 4.79 Å². The Balaban J connectivity index is 4.11. The zero-order chi connectivity index (χ0) is 14.0. The number of aliphatic hydroxyl groups is 3. The Kier molecular flexibility index (Phi) is 8.62. The summed E-state index contributed by atoms with van der Waals surface area (Å²) in [5.74, 6) is -0.536. The van der Waals surface area contributed by atoms with Gasteiger partial charge in [0.1, 0.15) is 6.61 Å². The molecule has 5 nitrogen and oxygen atoms in total. The van der Waals surface area contributed by atoms with E-state index in [4.69, 9.17) is 20.1 Å². The summed E-state index contributed by atoms with van der Waals surface area (Å²) in [7, 11) is 0. The maximum absolute atomic E-state index is 11.6. The van der Waals surface area contributed by atoms with E-state index >= 15 is 0 Å². The molecule has 0 radical (unpaired) electrons. The minimum atomic E-state index is -1.18. The molecule has 0 atom stereocenters. The molecule has 0 saturated heterocycles. The van der Waals surface area contributed by atoms with Crippen molar-refractivity contribution in [1.82, 2.24) is 0 Å². The van der Waals surface area contributed by atoms with Gasteiger partial charge in [0, 0.05) is 5.57 Å². The zero-order valence-electron chi connectivity index (χ0n) is 11.0. The summed E-state index contributed by atoms with van der Waals surface area (Å²) >= 11 is 0. The third-order valence-electron chi connectivity index (χ3n) is 2.89. The SMILES string of the molecule is C=C(CCCCC)C(=O)OCC(CO)(CO)CO. The zero-order valence-corrected chi connectivity index (χ0v) is 11.0. The van der Waals surface area contributed by atoms with Crippen LogP contribution in [0.2, 0.25) is 0 Å². The van der Waals surface area contributed by atoms with Gasteiger partial charge in [-0.15, -0.1) is 0 Å². The molecule has 0 spiro atoms. The van der Waals surface area contributed by atoms with Crippen molar-refractivity contribution in [3.63, 3.8) is 0 Å². The Labute approximate surface area is 108 Å². The molecule has 3 N–H and O–H groups in total. The van der Waals surface area contributed by atoms with Gasteiger partial charge in [-0.05, 0) is 12.8 Å². The highest BCUT2D eigenvalue weighted by Crippen LogP contribution is 2.17. The smallest absolute Gasteiger partial charge is 0.333 e. The Bertz CT molecular complexity index is 250. The van der Waals surface area contributed by atoms with Crippen molar-refractivity contribution in [3.8, 4) is 0 Å². The summed E-state index contributed by atoms with van der Waals surface area (Å²) in [6.45, 7) is 4.14. The molecule has 0 aromatic rings. The fourth-order valence-corrected chi connectivity index (χ4v) is 1.30. The number of hydrogen-bond donors (Lipinski definition) is 3. The average Bonchev–Trinajstić information content (AvgIpc) is 2.40. The van der Waals surface area contributed by atoms with Crippen LogP contribution >= 0.6 is 0 Å². The van der Waals surface area contributed by atoms with Crippen LogP contribution < -0.4 is 0 Å². The van der Waals surface area contributed by atoms with Gasteiger partial charge in [0.2, 0.25) is 0 Å². The van der Waals surface area contributed by atoms with Crippen molar-refractivity contribution in [2.45, 2.75) is 32.6 Å². The van der Waals surface area contributed by atoms with Crippen molar-refractivity contribution < 1.29 is 24.9 Å². The van der Waals surface area contributed by atoms with E-state index in [2.05, 4.69) is 13.5 Å². The number of esters is 1. The molecule has 18 heavy (non-hydrogen) atoms. The van der Waals surface area contributed by atoms with Crippen molar-refractivity contribution >= 4 is 5.97 Å². The normalized spacial score (nSPS) is 11.3. The van der Waals surface area contributed by atoms with Crippen LogP contribution in [0.25, 0.3) is 0 Å². The largest absolute Gasteiger partial charge is 0.461 e. The molecule has 0 amide bonds. The Hall–Kier alpha value is -0.910. The first-order valence-corrected chi connectivity index (χ1v) is 6.22. The molecule has 0 unspecified atom stereocenters. The number of unbranched alkanes of at least 4 members (excludes halogenated alkanes) is 2. The summed E-state index contributed by atoms with van der Waals surface area (Å²) in [6, 6.07) is 0. The van der Waals surface area contributed by atoms with Crippen LogP contribution in [0.5, 0.6) is 0 Å². The number of carbonyl (C=O) groups is 1. The molecule has 5 heteroatoms. The fourth-order valence-electron chi connectivity index (χ4n) is 1.30. The molecular weight excluding hydrogens is 236 g/mol. The molecule has 0 aliphatic heterocycles. The molecule has 0 saturated carbocycles. The van der Waals surface area contributed by atoms with Crippen LogP contribution in [-0.4, -0.2) is 47.7 Å². The fraction of sp³-hybridized carbons (Fsp3) is 0.769. The van der Waals surface area contributed by atoms with Gasteiger partial charge >= 0.3 is 5.97 Å². The number of hydrogen-bond acceptors (Lipinski definition) is 5. The second-order valence-corrected chi connectivity index (χ2v) is 4.61. The third-order valence-corrected chi connectivity index (χ3v) is 2.89. The molecule has 0 aromatic carbocycles. The summed E-state index contributed by atoms with van der Waals surface area (Å²) in [4.78, 5) is 11.6. The summed E-state index contributed by atoms with van der Waals surface area (Å²) in [6.07, 6.45) is 3.55. The average molecular weight is 260 g/mol. The maximum atomic E-state index is 11.6. The first-order chi connectivity index (χ1) is 8.55. The van der Waals surface area contributed by atoms with Crippen LogP contribution in [0.4, 0.5) is 0 Å². The third kappa shape index (κ3) is 5.62. The highest BCUT2D eigenvalue weighted by Gasteiger charge is 2.30. The summed E-state index contributed by atoms with van der Waals surface area (Å²) in [5.41, 5.74) is -0.800. The van der Waals surface area contributed by atoms with E-state index in [1.165, 1.54) is 0 Å². The van der Waals surface area contributed by atoms with E-state index < -0.39 is 31.2 Å². The topological polar surface area (TPSA) is 87.0 Å². The number of rotatable bonds is 10. The van der Waals surface area contributed by atoms with Crippen LogP contribution in [0.3, 0.4) is 0 Å². The van der Waals surface area contributed by atoms with Gasteiger partial charge in [0.05, 0.1) is 25.2 Å². The lowest BCUT2D eigenvalue weighted by atomic mass is 9.92. The number of aliphatic hydroxyl groups excluding tert-OH is 3. The van der Waals surface area contributed by atoms with Gasteiger partial charge in [-0.3, -0.25) is 0 Å². The maximum Gasteiger partial charge on any atom is 0.333 e. The van der Waals surface area contributed by atoms with Gasteiger partial charge in [0.15, 0.2) is 0 Å². The van der Waals surface area contributed by atoms with Gasteiger partial charge in [-0.2, -0.15) is 0 Å². The number of carbonyl (C=O) groups excluding carboxylic acids is 1. The minimum Gasteiger partial charge on any atom is -0.461 e. The van der Waals surface area contributed by atoms with Crippen LogP contribution in [0.15, 0.2) is 12.2 Å². The van der Waals surface area contributed by atoms with Crippen molar-refractivity contribution in [1.29, 1.82) is 0 Å². The monoisotopic (exact) mass is 260 g/mol. The van der Waals surface area contributed by atoms with Crippen LogP contribution in [0.1, 0.15) is 32.6 Å². The summed E-state index contributed by atoms with van der Waals surface area (Å²) in [5, 5.41) is 27.2. The van der Waals surface area contributed by atoms with E-state index in [1.807, 2.05) is 0 Å². The molecular formula is C13H24O5. The first-order valence-electron chi connectivity index (χ1n) is 6.22. The minimum absolute atomic E-state index is 0.220. The van der Waals surface area contributed by atoms with Crippen molar-refractivity contribution in [2.24, 2.45) is 5.41 Å². The van der Waals surface area contributed by atoms with Crippen molar-refractivity contribution in [2.75, 3.05) is 26.4 Å². The van der Waals surface area contributed by atoms with Gasteiger partial charge < -0.3 is 20.1 Å². The quantitative estimate of drug-likeness (QED) is 0.305. The molecule has 0 aliphatic carbocycles. The molecule has 0 fully saturated rings. The van der Waals surface area contributed by atoms with Gasteiger partial charge in [0.25, 0.3) is 0 Å². The second-order valence-electron chi connectivity index (χ2n) is 4.61. The second kappa shape index (κ2) is 9.08. The molecule has 0 aliphatic rings. The summed E-state index contributed by atoms with van der Waals surface area (Å²) < 4.78 is 4.95. The highest BCUT2D eigenvalue weighted by atomic mass is 16.5. The predicted molar refractivity (Wildman–Crippen MR) is 67.9 cm³/mol. The standard InChI is InChI=1S/C13H24O5/c1-3-4-5-6-11(2)12(17)18-10-13(7-14,8-15)9-16/h14-16H,2-10H2,1H3. The number of ether oxygens (including phenoxy) is 1. The van der Waals surface area contributed by atoms with Crippen molar-refractivity contribution in [3.05, 3.63) is 12.2 Å². The molecule has 106 valence electrons. The molecule has 0 heterocycles. The van der Waals surface area contributed by atoms with E-state index in [0.717, 1.165) is 19.3 Å². The van der Waals surface area contributed by atoms with Crippen LogP contribution in [0, 0.1) is 5.41 Å². The van der Waals surface area contributed by atoms with Gasteiger partial charge in [-0.25, -0.2) is 4.79 Å². The Morgan fingerprint density at radius 3 is 2.17 bits per heavy atom. The molecule has 0 rings (SSSR count). The van der Waals surface area contributed by atoms with E-state index in [-0.39, 0.29) is 6.61 Å². The van der Waals surface area contributed by atoms with E-state index in [0.29, 0.717) is 12.0 Å². The Morgan fingerprint density at radius 1 is 1.17 bits per heavy atom. The van der Waals surface area contributed by atoms with Crippen LogP contribution in [-0.2, 0) is 9.53 Å². The first kappa shape index (κ1) is 17.1. The van der Waals surface area contributed by atoms with E-state index in [1.54, 1.807) is 0 Å². The predicted octanol–water partition coefficient (Wildman–Crippen LogP) is 0.629. The van der Waals surface area contributed by atoms with Gasteiger partial charge in [-0.1, -0.05) is 26.3 Å². The molecule has 0 bridgehead atoms. The Morgan fingerprint density at radius 2 is 1.72 bits per heavy atom. The molecule has 0 aromatic heterocycles. The lowest BCUT2D eigenvalue weighted by Gasteiger charge is -2.26.